The summed E-state index contributed by atoms with van der Waals surface area (Å²) in [5.41, 5.74) is 0. The van der Waals surface area contributed by atoms with E-state index in [0.717, 1.165) is 5.92 Å². The summed E-state index contributed by atoms with van der Waals surface area (Å²) in [5.74, 6) is 1.48. The summed E-state index contributed by atoms with van der Waals surface area (Å²) < 4.78 is 13.6. The quantitative estimate of drug-likeness (QED) is 0.558. The molecule has 0 aromatic rings. The van der Waals surface area contributed by atoms with Crippen LogP contribution in [0.25, 0.3) is 0 Å². The lowest BCUT2D eigenvalue weighted by Crippen LogP contribution is -2.50. The van der Waals surface area contributed by atoms with Gasteiger partial charge < -0.3 is 8.85 Å². The molecule has 0 radical (unpaired) electrons. The fourth-order valence-electron chi connectivity index (χ4n) is 3.60. The van der Waals surface area contributed by atoms with Crippen LogP contribution in [0, 0.1) is 11.8 Å². The molecule has 0 heterocycles. The number of rotatable bonds is 4. The third-order valence-corrected chi connectivity index (χ3v) is 16.2. The molecular formula is C19H40O2Si2. The molecule has 4 heteroatoms. The monoisotopic (exact) mass is 356 g/mol. The highest BCUT2D eigenvalue weighted by molar-refractivity contribution is 6.74. The van der Waals surface area contributed by atoms with Crippen molar-refractivity contribution in [2.75, 3.05) is 0 Å². The van der Waals surface area contributed by atoms with Gasteiger partial charge in [-0.1, -0.05) is 41.5 Å². The standard InChI is InChI=1S/C19H40O2Si2/c1-18(2,3)22(7,8)20-16-12-14-11-15(16)17(13-14)21-23(9,10)19(4,5)6/h14-17H,11-13H2,1-10H3/t14?,15?,16-,17+. The van der Waals surface area contributed by atoms with Crippen LogP contribution in [-0.2, 0) is 8.85 Å². The minimum absolute atomic E-state index is 0.296. The molecule has 0 spiro atoms. The predicted octanol–water partition coefficient (Wildman–Crippen LogP) is 6.20. The highest BCUT2D eigenvalue weighted by Crippen LogP contribution is 2.52. The SMILES string of the molecule is CC(C)(C)[Si](C)(C)O[C@H]1CC2CC1[C@H](O[Si](C)(C)C(C)(C)C)C2. The maximum atomic E-state index is 6.80. The number of hydrogen-bond donors (Lipinski definition) is 0. The molecule has 0 amide bonds. The minimum Gasteiger partial charge on any atom is -0.414 e. The van der Waals surface area contributed by atoms with E-state index in [-0.39, 0.29) is 0 Å². The van der Waals surface area contributed by atoms with E-state index in [0.29, 0.717) is 28.2 Å². The molecule has 0 saturated heterocycles. The van der Waals surface area contributed by atoms with E-state index in [1.165, 1.54) is 19.3 Å². The minimum atomic E-state index is -1.68. The van der Waals surface area contributed by atoms with Gasteiger partial charge in [-0.3, -0.25) is 0 Å². The second kappa shape index (κ2) is 5.96. The van der Waals surface area contributed by atoms with E-state index in [2.05, 4.69) is 67.7 Å². The molecule has 2 unspecified atom stereocenters. The maximum Gasteiger partial charge on any atom is 0.192 e. The summed E-state index contributed by atoms with van der Waals surface area (Å²) in [7, 11) is -3.35. The molecule has 2 aliphatic rings. The molecule has 0 aromatic heterocycles. The smallest absolute Gasteiger partial charge is 0.192 e. The topological polar surface area (TPSA) is 18.5 Å². The van der Waals surface area contributed by atoms with Crippen LogP contribution in [0.4, 0.5) is 0 Å². The van der Waals surface area contributed by atoms with Crippen molar-refractivity contribution in [3.05, 3.63) is 0 Å². The fourth-order valence-corrected chi connectivity index (χ4v) is 6.37. The molecule has 2 saturated carbocycles. The molecule has 0 N–H and O–H groups in total. The van der Waals surface area contributed by atoms with Crippen LogP contribution in [0.2, 0.25) is 36.3 Å². The fraction of sp³-hybridized carbons (Fsp3) is 1.00. The Morgan fingerprint density at radius 2 is 1.00 bits per heavy atom. The molecule has 2 rings (SSSR count). The molecule has 0 aromatic carbocycles. The summed E-state index contributed by atoms with van der Waals surface area (Å²) in [6.07, 6.45) is 4.77. The van der Waals surface area contributed by atoms with Crippen molar-refractivity contribution in [3.8, 4) is 0 Å². The first-order chi connectivity index (χ1) is 10.1. The Morgan fingerprint density at radius 1 is 0.652 bits per heavy atom. The Labute approximate surface area is 147 Å². The Morgan fingerprint density at radius 3 is 1.26 bits per heavy atom. The number of fused-ring (bicyclic) bond motifs is 2. The zero-order chi connectivity index (χ0) is 17.8. The van der Waals surface area contributed by atoms with Crippen molar-refractivity contribution < 1.29 is 8.85 Å². The zero-order valence-corrected chi connectivity index (χ0v) is 19.2. The van der Waals surface area contributed by atoms with Gasteiger partial charge in [0.1, 0.15) is 0 Å². The molecular weight excluding hydrogens is 316 g/mol. The summed E-state index contributed by atoms with van der Waals surface area (Å²) in [5, 5.41) is 0.592. The highest BCUT2D eigenvalue weighted by atomic mass is 28.4. The first-order valence-corrected chi connectivity index (χ1v) is 15.3. The number of hydrogen-bond acceptors (Lipinski definition) is 2. The predicted molar refractivity (Wildman–Crippen MR) is 105 cm³/mol. The molecule has 0 aliphatic heterocycles. The van der Waals surface area contributed by atoms with Crippen LogP contribution >= 0.6 is 0 Å². The van der Waals surface area contributed by atoms with E-state index in [1.807, 2.05) is 0 Å². The van der Waals surface area contributed by atoms with Gasteiger partial charge in [-0.2, -0.15) is 0 Å². The van der Waals surface area contributed by atoms with E-state index >= 15 is 0 Å². The van der Waals surface area contributed by atoms with Crippen LogP contribution in [-0.4, -0.2) is 28.8 Å². The second-order valence-corrected chi connectivity index (χ2v) is 20.6. The van der Waals surface area contributed by atoms with Gasteiger partial charge in [0.2, 0.25) is 0 Å². The summed E-state index contributed by atoms with van der Waals surface area (Å²) in [6, 6.07) is 0. The van der Waals surface area contributed by atoms with Gasteiger partial charge in [0, 0.05) is 5.92 Å². The molecule has 2 nitrogen and oxygen atoms in total. The van der Waals surface area contributed by atoms with Crippen molar-refractivity contribution in [3.63, 3.8) is 0 Å². The maximum absolute atomic E-state index is 6.80. The Kier molecular flexibility index (Phi) is 5.10. The first-order valence-electron chi connectivity index (χ1n) is 9.50. The summed E-state index contributed by atoms with van der Waals surface area (Å²) in [4.78, 5) is 0. The van der Waals surface area contributed by atoms with E-state index in [4.69, 9.17) is 8.85 Å². The normalized spacial score (nSPS) is 32.6. The summed E-state index contributed by atoms with van der Waals surface area (Å²) >= 11 is 0. The molecule has 136 valence electrons. The van der Waals surface area contributed by atoms with Gasteiger partial charge in [-0.05, 0) is 61.4 Å². The van der Waals surface area contributed by atoms with Crippen LogP contribution in [0.1, 0.15) is 60.8 Å². The van der Waals surface area contributed by atoms with Gasteiger partial charge in [0.05, 0.1) is 12.2 Å². The Bertz CT molecular complexity index is 394. The van der Waals surface area contributed by atoms with Crippen LogP contribution in [0.15, 0.2) is 0 Å². The summed E-state index contributed by atoms with van der Waals surface area (Å²) in [6.45, 7) is 23.6. The molecule has 2 aliphatic carbocycles. The van der Waals surface area contributed by atoms with Gasteiger partial charge in [0.15, 0.2) is 16.6 Å². The lowest BCUT2D eigenvalue weighted by molar-refractivity contribution is 0.0328. The average molecular weight is 357 g/mol. The lowest BCUT2D eigenvalue weighted by Gasteiger charge is -2.44. The molecule has 4 atom stereocenters. The molecule has 2 bridgehead atoms. The molecule has 23 heavy (non-hydrogen) atoms. The highest BCUT2D eigenvalue weighted by Gasteiger charge is 2.52. The molecule has 2 fully saturated rings. The van der Waals surface area contributed by atoms with E-state index in [1.54, 1.807) is 0 Å². The van der Waals surface area contributed by atoms with Crippen LogP contribution < -0.4 is 0 Å². The largest absolute Gasteiger partial charge is 0.414 e. The lowest BCUT2D eigenvalue weighted by atomic mass is 9.95. The Hall–Kier alpha value is 0.354. The third kappa shape index (κ3) is 3.96. The Balaban J connectivity index is 2.06. The van der Waals surface area contributed by atoms with Crippen LogP contribution in [0.3, 0.4) is 0 Å². The van der Waals surface area contributed by atoms with Crippen molar-refractivity contribution in [1.29, 1.82) is 0 Å². The average Bonchev–Trinajstić information content (AvgIpc) is 2.83. The van der Waals surface area contributed by atoms with Gasteiger partial charge in [-0.15, -0.1) is 0 Å². The zero-order valence-electron chi connectivity index (χ0n) is 17.2. The van der Waals surface area contributed by atoms with E-state index < -0.39 is 16.6 Å². The van der Waals surface area contributed by atoms with Gasteiger partial charge in [-0.25, -0.2) is 0 Å². The van der Waals surface area contributed by atoms with Crippen molar-refractivity contribution in [2.45, 2.75) is 109 Å². The van der Waals surface area contributed by atoms with Gasteiger partial charge >= 0.3 is 0 Å². The van der Waals surface area contributed by atoms with Crippen molar-refractivity contribution >= 4 is 16.6 Å². The van der Waals surface area contributed by atoms with Gasteiger partial charge in [0.25, 0.3) is 0 Å². The van der Waals surface area contributed by atoms with E-state index in [9.17, 15) is 0 Å². The van der Waals surface area contributed by atoms with Crippen molar-refractivity contribution in [2.24, 2.45) is 11.8 Å². The second-order valence-electron chi connectivity index (χ2n) is 11.1. The van der Waals surface area contributed by atoms with Crippen LogP contribution in [0.5, 0.6) is 0 Å². The first kappa shape index (κ1) is 19.7. The van der Waals surface area contributed by atoms with Crippen molar-refractivity contribution in [1.82, 2.24) is 0 Å². The third-order valence-electron chi connectivity index (χ3n) is 7.20.